The highest BCUT2D eigenvalue weighted by atomic mass is 16.5. The lowest BCUT2D eigenvalue weighted by Gasteiger charge is -2.18. The zero-order valence-electron chi connectivity index (χ0n) is 14.5. The van der Waals surface area contributed by atoms with Gasteiger partial charge in [0.15, 0.2) is 5.82 Å². The van der Waals surface area contributed by atoms with E-state index in [4.69, 9.17) is 4.74 Å². The Bertz CT molecular complexity index is 793. The quantitative estimate of drug-likeness (QED) is 0.707. The SMILES string of the molecule is CCOC(CNc1cc(C)nc(-c2cccnc2)n1)c1ccccc1. The van der Waals surface area contributed by atoms with Crippen LogP contribution in [0.5, 0.6) is 0 Å². The minimum absolute atomic E-state index is 0.0247. The van der Waals surface area contributed by atoms with E-state index in [0.717, 1.165) is 22.6 Å². The molecule has 0 saturated heterocycles. The van der Waals surface area contributed by atoms with Crippen molar-refractivity contribution in [3.63, 3.8) is 0 Å². The lowest BCUT2D eigenvalue weighted by molar-refractivity contribution is 0.0718. The van der Waals surface area contributed by atoms with E-state index in [2.05, 4.69) is 32.4 Å². The van der Waals surface area contributed by atoms with Crippen LogP contribution in [0.4, 0.5) is 5.82 Å². The fourth-order valence-corrected chi connectivity index (χ4v) is 2.62. The van der Waals surface area contributed by atoms with E-state index < -0.39 is 0 Å². The van der Waals surface area contributed by atoms with E-state index in [-0.39, 0.29) is 6.10 Å². The third-order valence-electron chi connectivity index (χ3n) is 3.78. The van der Waals surface area contributed by atoms with Gasteiger partial charge in [-0.15, -0.1) is 0 Å². The molecule has 3 aromatic rings. The fraction of sp³-hybridized carbons (Fsp3) is 0.250. The number of aromatic nitrogens is 3. The van der Waals surface area contributed by atoms with Crippen molar-refractivity contribution in [2.45, 2.75) is 20.0 Å². The summed E-state index contributed by atoms with van der Waals surface area (Å²) >= 11 is 0. The second-order valence-corrected chi connectivity index (χ2v) is 5.70. The summed E-state index contributed by atoms with van der Waals surface area (Å²) in [7, 11) is 0. The third-order valence-corrected chi connectivity index (χ3v) is 3.78. The number of nitrogens with one attached hydrogen (secondary N) is 1. The minimum Gasteiger partial charge on any atom is -0.372 e. The molecule has 0 bridgehead atoms. The van der Waals surface area contributed by atoms with Crippen molar-refractivity contribution in [3.8, 4) is 11.4 Å². The minimum atomic E-state index is -0.0247. The molecule has 0 saturated carbocycles. The zero-order valence-corrected chi connectivity index (χ0v) is 14.5. The van der Waals surface area contributed by atoms with Crippen LogP contribution in [0.15, 0.2) is 60.9 Å². The first-order valence-electron chi connectivity index (χ1n) is 8.42. The lowest BCUT2D eigenvalue weighted by Crippen LogP contribution is -2.17. The summed E-state index contributed by atoms with van der Waals surface area (Å²) in [5, 5.41) is 3.38. The van der Waals surface area contributed by atoms with Gasteiger partial charge in [0, 0.05) is 42.9 Å². The zero-order chi connectivity index (χ0) is 17.5. The van der Waals surface area contributed by atoms with Gasteiger partial charge in [0.05, 0.1) is 6.10 Å². The molecule has 0 spiro atoms. The average molecular weight is 334 g/mol. The number of ether oxygens (including phenoxy) is 1. The Balaban J connectivity index is 1.77. The summed E-state index contributed by atoms with van der Waals surface area (Å²) in [5.41, 5.74) is 2.96. The monoisotopic (exact) mass is 334 g/mol. The Morgan fingerprint density at radius 1 is 1.08 bits per heavy atom. The van der Waals surface area contributed by atoms with Crippen LogP contribution < -0.4 is 5.32 Å². The highest BCUT2D eigenvalue weighted by Gasteiger charge is 2.12. The van der Waals surface area contributed by atoms with Crippen molar-refractivity contribution >= 4 is 5.82 Å². The third kappa shape index (κ3) is 4.61. The maximum Gasteiger partial charge on any atom is 0.163 e. The summed E-state index contributed by atoms with van der Waals surface area (Å²) < 4.78 is 5.88. The van der Waals surface area contributed by atoms with Crippen LogP contribution in [0.1, 0.15) is 24.3 Å². The molecule has 2 aromatic heterocycles. The largest absolute Gasteiger partial charge is 0.372 e. The van der Waals surface area contributed by atoms with Gasteiger partial charge in [0.25, 0.3) is 0 Å². The van der Waals surface area contributed by atoms with Crippen molar-refractivity contribution in [1.29, 1.82) is 0 Å². The van der Waals surface area contributed by atoms with Gasteiger partial charge in [0.2, 0.25) is 0 Å². The molecule has 0 radical (unpaired) electrons. The van der Waals surface area contributed by atoms with Crippen molar-refractivity contribution in [2.75, 3.05) is 18.5 Å². The molecule has 0 aliphatic carbocycles. The molecule has 3 rings (SSSR count). The maximum atomic E-state index is 5.88. The number of aryl methyl sites for hydroxylation is 1. The van der Waals surface area contributed by atoms with Crippen LogP contribution in [-0.4, -0.2) is 28.1 Å². The van der Waals surface area contributed by atoms with Crippen LogP contribution >= 0.6 is 0 Å². The van der Waals surface area contributed by atoms with Crippen LogP contribution in [-0.2, 0) is 4.74 Å². The smallest absolute Gasteiger partial charge is 0.163 e. The Hall–Kier alpha value is -2.79. The van der Waals surface area contributed by atoms with E-state index in [0.29, 0.717) is 19.0 Å². The van der Waals surface area contributed by atoms with Gasteiger partial charge in [-0.2, -0.15) is 0 Å². The Morgan fingerprint density at radius 2 is 1.92 bits per heavy atom. The van der Waals surface area contributed by atoms with Crippen molar-refractivity contribution in [1.82, 2.24) is 15.0 Å². The molecule has 1 N–H and O–H groups in total. The van der Waals surface area contributed by atoms with Crippen molar-refractivity contribution in [3.05, 3.63) is 72.2 Å². The fourth-order valence-electron chi connectivity index (χ4n) is 2.62. The Labute approximate surface area is 148 Å². The van der Waals surface area contributed by atoms with E-state index in [1.54, 1.807) is 12.4 Å². The van der Waals surface area contributed by atoms with Gasteiger partial charge in [-0.3, -0.25) is 4.98 Å². The first kappa shape index (κ1) is 17.0. The molecule has 128 valence electrons. The van der Waals surface area contributed by atoms with Crippen LogP contribution in [0.2, 0.25) is 0 Å². The summed E-state index contributed by atoms with van der Waals surface area (Å²) in [4.78, 5) is 13.3. The van der Waals surface area contributed by atoms with Gasteiger partial charge in [-0.1, -0.05) is 30.3 Å². The molecule has 2 heterocycles. The lowest BCUT2D eigenvalue weighted by atomic mass is 10.1. The summed E-state index contributed by atoms with van der Waals surface area (Å²) in [5.74, 6) is 1.45. The summed E-state index contributed by atoms with van der Waals surface area (Å²) in [6.07, 6.45) is 3.49. The second kappa shape index (κ2) is 8.35. The Morgan fingerprint density at radius 3 is 2.64 bits per heavy atom. The van der Waals surface area contributed by atoms with E-state index in [1.807, 2.05) is 50.2 Å². The highest BCUT2D eigenvalue weighted by Crippen LogP contribution is 2.20. The topological polar surface area (TPSA) is 59.9 Å². The predicted molar refractivity (Wildman–Crippen MR) is 99.3 cm³/mol. The van der Waals surface area contributed by atoms with Crippen molar-refractivity contribution in [2.24, 2.45) is 0 Å². The molecule has 0 amide bonds. The highest BCUT2D eigenvalue weighted by molar-refractivity contribution is 5.56. The van der Waals surface area contributed by atoms with E-state index >= 15 is 0 Å². The predicted octanol–water partition coefficient (Wildman–Crippen LogP) is 4.04. The molecule has 1 unspecified atom stereocenters. The molecule has 1 aromatic carbocycles. The average Bonchev–Trinajstić information content (AvgIpc) is 2.66. The molecule has 25 heavy (non-hydrogen) atoms. The number of benzene rings is 1. The standard InChI is InChI=1S/C20H22N4O/c1-3-25-18(16-8-5-4-6-9-16)14-22-19-12-15(2)23-20(24-19)17-10-7-11-21-13-17/h4-13,18H,3,14H2,1-2H3,(H,22,23,24). The molecule has 5 heteroatoms. The number of hydrogen-bond acceptors (Lipinski definition) is 5. The van der Waals surface area contributed by atoms with Crippen LogP contribution in [0.3, 0.4) is 0 Å². The maximum absolute atomic E-state index is 5.88. The molecular weight excluding hydrogens is 312 g/mol. The van der Waals surface area contributed by atoms with E-state index in [1.165, 1.54) is 0 Å². The Kier molecular flexibility index (Phi) is 5.69. The van der Waals surface area contributed by atoms with Gasteiger partial charge in [-0.05, 0) is 31.5 Å². The number of hydrogen-bond donors (Lipinski definition) is 1. The molecule has 0 aliphatic heterocycles. The summed E-state index contributed by atoms with van der Waals surface area (Å²) in [6, 6.07) is 16.0. The second-order valence-electron chi connectivity index (χ2n) is 5.70. The van der Waals surface area contributed by atoms with Crippen LogP contribution in [0.25, 0.3) is 11.4 Å². The van der Waals surface area contributed by atoms with Crippen molar-refractivity contribution < 1.29 is 4.74 Å². The van der Waals surface area contributed by atoms with Gasteiger partial charge in [0.1, 0.15) is 5.82 Å². The van der Waals surface area contributed by atoms with Gasteiger partial charge >= 0.3 is 0 Å². The number of pyridine rings is 1. The normalized spacial score (nSPS) is 11.9. The number of anilines is 1. The van der Waals surface area contributed by atoms with Gasteiger partial charge < -0.3 is 10.1 Å². The van der Waals surface area contributed by atoms with Gasteiger partial charge in [-0.25, -0.2) is 9.97 Å². The first-order valence-corrected chi connectivity index (χ1v) is 8.42. The van der Waals surface area contributed by atoms with E-state index in [9.17, 15) is 0 Å². The molecule has 0 aliphatic rings. The molecular formula is C20H22N4O. The summed E-state index contributed by atoms with van der Waals surface area (Å²) in [6.45, 7) is 5.26. The molecule has 0 fully saturated rings. The van der Waals surface area contributed by atoms with Crippen LogP contribution in [0, 0.1) is 6.92 Å². The number of rotatable bonds is 7. The molecule has 5 nitrogen and oxygen atoms in total. The number of nitrogens with zero attached hydrogens (tertiary/aromatic N) is 3. The first-order chi connectivity index (χ1) is 12.3. The molecule has 1 atom stereocenters.